The molecule has 0 saturated heterocycles. The second-order valence-electron chi connectivity index (χ2n) is 3.12. The molecule has 2 aromatic heterocycles. The minimum Gasteiger partial charge on any atom is -0.364 e. The zero-order chi connectivity index (χ0) is 9.97. The highest BCUT2D eigenvalue weighted by molar-refractivity contribution is 5.63. The molecule has 2 rings (SSSR count). The summed E-state index contributed by atoms with van der Waals surface area (Å²) in [5.41, 5.74) is 9.35. The number of aromatic amines is 1. The fourth-order valence-electron chi connectivity index (χ4n) is 1.42. The fourth-order valence-corrected chi connectivity index (χ4v) is 1.42. The smallest absolute Gasteiger partial charge is 0.133 e. The molecule has 0 radical (unpaired) electrons. The summed E-state index contributed by atoms with van der Waals surface area (Å²) < 4.78 is 4.87. The van der Waals surface area contributed by atoms with Crippen LogP contribution in [-0.2, 0) is 6.42 Å². The van der Waals surface area contributed by atoms with E-state index in [9.17, 15) is 0 Å². The van der Waals surface area contributed by atoms with Gasteiger partial charge in [-0.2, -0.15) is 5.10 Å². The van der Waals surface area contributed by atoms with Crippen LogP contribution in [0.2, 0.25) is 0 Å². The zero-order valence-corrected chi connectivity index (χ0v) is 7.95. The molecule has 0 spiro atoms. The third-order valence-corrected chi connectivity index (χ3v) is 2.15. The summed E-state index contributed by atoms with van der Waals surface area (Å²) >= 11 is 0. The number of nitrogens with two attached hydrogens (primary N) is 1. The fraction of sp³-hybridized carbons (Fsp3) is 0.333. The first kappa shape index (κ1) is 8.96. The maximum Gasteiger partial charge on any atom is 0.133 e. The molecule has 0 saturated carbocycles. The normalized spacial score (nSPS) is 10.7. The predicted octanol–water partition coefficient (Wildman–Crippen LogP) is 0.874. The Morgan fingerprint density at radius 3 is 3.07 bits per heavy atom. The van der Waals surface area contributed by atoms with Crippen molar-refractivity contribution in [1.29, 1.82) is 0 Å². The van der Waals surface area contributed by atoms with Gasteiger partial charge in [-0.05, 0) is 25.5 Å². The maximum atomic E-state index is 5.50. The third-order valence-electron chi connectivity index (χ3n) is 2.15. The number of rotatable bonds is 3. The summed E-state index contributed by atoms with van der Waals surface area (Å²) in [6, 6.07) is 0. The molecule has 0 aliphatic rings. The van der Waals surface area contributed by atoms with Crippen LogP contribution in [0.25, 0.3) is 11.3 Å². The lowest BCUT2D eigenvalue weighted by molar-refractivity contribution is 0.415. The van der Waals surface area contributed by atoms with Crippen LogP contribution in [0, 0.1) is 6.92 Å². The second kappa shape index (κ2) is 3.63. The molecule has 0 atom stereocenters. The summed E-state index contributed by atoms with van der Waals surface area (Å²) in [6.07, 6.45) is 4.20. The highest BCUT2D eigenvalue weighted by Gasteiger charge is 2.11. The lowest BCUT2D eigenvalue weighted by atomic mass is 10.1. The van der Waals surface area contributed by atoms with Gasteiger partial charge in [-0.25, -0.2) is 0 Å². The van der Waals surface area contributed by atoms with Crippen LogP contribution in [0.5, 0.6) is 0 Å². The van der Waals surface area contributed by atoms with E-state index in [1.54, 1.807) is 12.5 Å². The van der Waals surface area contributed by atoms with E-state index in [0.717, 1.165) is 28.9 Å². The molecule has 74 valence electrons. The van der Waals surface area contributed by atoms with E-state index in [-0.39, 0.29) is 0 Å². The van der Waals surface area contributed by atoms with E-state index < -0.39 is 0 Å². The van der Waals surface area contributed by atoms with Crippen LogP contribution in [0.3, 0.4) is 0 Å². The molecular weight excluding hydrogens is 180 g/mol. The summed E-state index contributed by atoms with van der Waals surface area (Å²) in [5, 5.41) is 10.7. The van der Waals surface area contributed by atoms with E-state index in [2.05, 4.69) is 15.4 Å². The lowest BCUT2D eigenvalue weighted by Gasteiger charge is -1.98. The van der Waals surface area contributed by atoms with E-state index in [1.165, 1.54) is 0 Å². The SMILES string of the molecule is Cc1nocc1-c1[nH]ncc1CCN. The van der Waals surface area contributed by atoms with Crippen molar-refractivity contribution >= 4 is 0 Å². The van der Waals surface area contributed by atoms with Crippen molar-refractivity contribution in [3.05, 3.63) is 23.7 Å². The molecule has 5 nitrogen and oxygen atoms in total. The summed E-state index contributed by atoms with van der Waals surface area (Å²) in [6.45, 7) is 2.50. The number of aryl methyl sites for hydroxylation is 1. The van der Waals surface area contributed by atoms with Crippen molar-refractivity contribution < 1.29 is 4.52 Å². The van der Waals surface area contributed by atoms with Gasteiger partial charge in [0.1, 0.15) is 6.26 Å². The first-order valence-electron chi connectivity index (χ1n) is 4.46. The van der Waals surface area contributed by atoms with Gasteiger partial charge in [-0.1, -0.05) is 5.16 Å². The highest BCUT2D eigenvalue weighted by atomic mass is 16.5. The Kier molecular flexibility index (Phi) is 2.32. The average Bonchev–Trinajstić information content (AvgIpc) is 2.74. The van der Waals surface area contributed by atoms with Crippen LogP contribution in [0.1, 0.15) is 11.3 Å². The molecule has 0 aliphatic heterocycles. The van der Waals surface area contributed by atoms with Gasteiger partial charge < -0.3 is 10.3 Å². The Labute approximate surface area is 81.3 Å². The first-order valence-corrected chi connectivity index (χ1v) is 4.46. The van der Waals surface area contributed by atoms with Crippen LogP contribution < -0.4 is 5.73 Å². The van der Waals surface area contributed by atoms with Crippen molar-refractivity contribution in [3.63, 3.8) is 0 Å². The van der Waals surface area contributed by atoms with E-state index in [1.807, 2.05) is 6.92 Å². The number of H-pyrrole nitrogens is 1. The van der Waals surface area contributed by atoms with Crippen LogP contribution in [0.15, 0.2) is 17.0 Å². The number of hydrogen-bond donors (Lipinski definition) is 2. The molecule has 0 aromatic carbocycles. The maximum absolute atomic E-state index is 5.50. The first-order chi connectivity index (χ1) is 6.83. The highest BCUT2D eigenvalue weighted by Crippen LogP contribution is 2.23. The Balaban J connectivity index is 2.41. The Bertz CT molecular complexity index is 418. The van der Waals surface area contributed by atoms with E-state index in [0.29, 0.717) is 6.54 Å². The molecule has 3 N–H and O–H groups in total. The molecule has 0 aliphatic carbocycles. The number of aromatic nitrogens is 3. The average molecular weight is 192 g/mol. The largest absolute Gasteiger partial charge is 0.364 e. The van der Waals surface area contributed by atoms with E-state index in [4.69, 9.17) is 10.3 Å². The van der Waals surface area contributed by atoms with E-state index >= 15 is 0 Å². The molecule has 0 unspecified atom stereocenters. The second-order valence-corrected chi connectivity index (χ2v) is 3.12. The van der Waals surface area contributed by atoms with Gasteiger partial charge >= 0.3 is 0 Å². The summed E-state index contributed by atoms with van der Waals surface area (Å²) in [5.74, 6) is 0. The third kappa shape index (κ3) is 1.42. The van der Waals surface area contributed by atoms with Crippen molar-refractivity contribution in [2.75, 3.05) is 6.54 Å². The lowest BCUT2D eigenvalue weighted by Crippen LogP contribution is -2.02. The van der Waals surface area contributed by atoms with Crippen LogP contribution in [-0.4, -0.2) is 21.9 Å². The molecule has 0 amide bonds. The van der Waals surface area contributed by atoms with Gasteiger partial charge in [-0.3, -0.25) is 5.10 Å². The van der Waals surface area contributed by atoms with Gasteiger partial charge in [0.05, 0.1) is 23.1 Å². The predicted molar refractivity (Wildman–Crippen MR) is 51.6 cm³/mol. The van der Waals surface area contributed by atoms with Gasteiger partial charge in [0.2, 0.25) is 0 Å². The van der Waals surface area contributed by atoms with Gasteiger partial charge in [0.15, 0.2) is 0 Å². The Hall–Kier alpha value is -1.62. The Morgan fingerprint density at radius 1 is 1.57 bits per heavy atom. The van der Waals surface area contributed by atoms with Gasteiger partial charge in [0, 0.05) is 0 Å². The summed E-state index contributed by atoms with van der Waals surface area (Å²) in [4.78, 5) is 0. The number of hydrogen-bond acceptors (Lipinski definition) is 4. The molecule has 14 heavy (non-hydrogen) atoms. The van der Waals surface area contributed by atoms with Crippen LogP contribution >= 0.6 is 0 Å². The minimum atomic E-state index is 0.608. The van der Waals surface area contributed by atoms with Crippen molar-refractivity contribution in [2.45, 2.75) is 13.3 Å². The minimum absolute atomic E-state index is 0.608. The van der Waals surface area contributed by atoms with Crippen molar-refractivity contribution in [3.8, 4) is 11.3 Å². The van der Waals surface area contributed by atoms with Gasteiger partial charge in [-0.15, -0.1) is 0 Å². The molecule has 2 heterocycles. The molecule has 2 aromatic rings. The standard InChI is InChI=1S/C9H12N4O/c1-6-8(5-14-13-6)9-7(2-3-10)4-11-12-9/h4-5H,2-3,10H2,1H3,(H,11,12). The zero-order valence-electron chi connectivity index (χ0n) is 7.95. The van der Waals surface area contributed by atoms with Crippen molar-refractivity contribution in [2.24, 2.45) is 5.73 Å². The summed E-state index contributed by atoms with van der Waals surface area (Å²) in [7, 11) is 0. The molecule has 5 heteroatoms. The van der Waals surface area contributed by atoms with Crippen LogP contribution in [0.4, 0.5) is 0 Å². The molecule has 0 fully saturated rings. The number of nitrogens with one attached hydrogen (secondary N) is 1. The quantitative estimate of drug-likeness (QED) is 0.756. The van der Waals surface area contributed by atoms with Crippen molar-refractivity contribution in [1.82, 2.24) is 15.4 Å². The molecule has 0 bridgehead atoms. The van der Waals surface area contributed by atoms with Gasteiger partial charge in [0.25, 0.3) is 0 Å². The Morgan fingerprint density at radius 2 is 2.43 bits per heavy atom. The topological polar surface area (TPSA) is 80.7 Å². The monoisotopic (exact) mass is 192 g/mol. The number of nitrogens with zero attached hydrogens (tertiary/aromatic N) is 2. The molecular formula is C9H12N4O.